The minimum absolute atomic E-state index is 0.175. The van der Waals surface area contributed by atoms with Crippen LogP contribution in [0.4, 0.5) is 0 Å². The maximum Gasteiger partial charge on any atom is 0.119 e. The maximum atomic E-state index is 10.0. The Balaban J connectivity index is 2.91. The standard InChI is InChI=1S/C10H18O3/c11-9-7-5-3-1-2-4-6-8-10(12)13/h9H,1-8H2,(H,12,13)/p-1. The Morgan fingerprint density at radius 1 is 1.00 bits per heavy atom. The molecule has 0 aliphatic carbocycles. The highest BCUT2D eigenvalue weighted by atomic mass is 16.4. The molecule has 0 atom stereocenters. The summed E-state index contributed by atoms with van der Waals surface area (Å²) in [5.41, 5.74) is 0. The predicted molar refractivity (Wildman–Crippen MR) is 48.0 cm³/mol. The largest absolute Gasteiger partial charge is 0.550 e. The van der Waals surface area contributed by atoms with E-state index in [4.69, 9.17) is 0 Å². The maximum absolute atomic E-state index is 10.0. The molecule has 13 heavy (non-hydrogen) atoms. The van der Waals surface area contributed by atoms with Crippen molar-refractivity contribution in [3.8, 4) is 0 Å². The van der Waals surface area contributed by atoms with E-state index in [0.29, 0.717) is 6.42 Å². The zero-order valence-corrected chi connectivity index (χ0v) is 7.96. The van der Waals surface area contributed by atoms with Gasteiger partial charge in [-0.05, 0) is 19.3 Å². The van der Waals surface area contributed by atoms with Gasteiger partial charge in [0.1, 0.15) is 6.29 Å². The lowest BCUT2D eigenvalue weighted by molar-refractivity contribution is -0.305. The molecule has 0 aromatic rings. The number of hydrogen-bond acceptors (Lipinski definition) is 3. The lowest BCUT2D eigenvalue weighted by Crippen LogP contribution is -2.21. The first-order valence-electron chi connectivity index (χ1n) is 4.91. The molecule has 0 aliphatic rings. The van der Waals surface area contributed by atoms with Crippen LogP contribution < -0.4 is 5.11 Å². The van der Waals surface area contributed by atoms with Crippen LogP contribution in [0, 0.1) is 0 Å². The summed E-state index contributed by atoms with van der Waals surface area (Å²) < 4.78 is 0. The summed E-state index contributed by atoms with van der Waals surface area (Å²) >= 11 is 0. The molecule has 0 amide bonds. The Kier molecular flexibility index (Phi) is 8.62. The van der Waals surface area contributed by atoms with Crippen molar-refractivity contribution < 1.29 is 14.7 Å². The molecule has 76 valence electrons. The molecule has 0 unspecified atom stereocenters. The van der Waals surface area contributed by atoms with Crippen LogP contribution in [0.3, 0.4) is 0 Å². The van der Waals surface area contributed by atoms with Gasteiger partial charge in [0.2, 0.25) is 0 Å². The van der Waals surface area contributed by atoms with E-state index in [1.807, 2.05) is 0 Å². The molecule has 0 spiro atoms. The number of carboxylic acids is 1. The summed E-state index contributed by atoms with van der Waals surface area (Å²) in [6.45, 7) is 0. The minimum atomic E-state index is -0.957. The third-order valence-corrected chi connectivity index (χ3v) is 1.95. The molecule has 0 N–H and O–H groups in total. The molecule has 0 radical (unpaired) electrons. The fourth-order valence-corrected chi connectivity index (χ4v) is 1.20. The van der Waals surface area contributed by atoms with Crippen LogP contribution in [0.1, 0.15) is 51.4 Å². The van der Waals surface area contributed by atoms with Crippen LogP contribution in [0.25, 0.3) is 0 Å². The van der Waals surface area contributed by atoms with Gasteiger partial charge in [-0.1, -0.05) is 25.7 Å². The number of hydrogen-bond donors (Lipinski definition) is 0. The van der Waals surface area contributed by atoms with Crippen molar-refractivity contribution in [1.82, 2.24) is 0 Å². The zero-order valence-electron chi connectivity index (χ0n) is 7.96. The fourth-order valence-electron chi connectivity index (χ4n) is 1.20. The average molecular weight is 185 g/mol. The van der Waals surface area contributed by atoms with E-state index in [-0.39, 0.29) is 6.42 Å². The topological polar surface area (TPSA) is 57.2 Å². The van der Waals surface area contributed by atoms with Gasteiger partial charge in [0, 0.05) is 12.4 Å². The molecule has 0 aromatic carbocycles. The van der Waals surface area contributed by atoms with E-state index in [0.717, 1.165) is 44.8 Å². The van der Waals surface area contributed by atoms with Gasteiger partial charge < -0.3 is 14.7 Å². The Hall–Kier alpha value is -0.860. The molecule has 0 aliphatic heterocycles. The van der Waals surface area contributed by atoms with Crippen molar-refractivity contribution in [2.75, 3.05) is 0 Å². The number of carbonyl (C=O) groups excluding carboxylic acids is 2. The summed E-state index contributed by atoms with van der Waals surface area (Å²) in [6.07, 6.45) is 7.63. The van der Waals surface area contributed by atoms with Gasteiger partial charge in [0.25, 0.3) is 0 Å². The van der Waals surface area contributed by atoms with Crippen molar-refractivity contribution in [2.24, 2.45) is 0 Å². The second-order valence-electron chi connectivity index (χ2n) is 3.20. The molecular weight excluding hydrogens is 168 g/mol. The van der Waals surface area contributed by atoms with E-state index in [9.17, 15) is 14.7 Å². The summed E-state index contributed by atoms with van der Waals surface area (Å²) in [6, 6.07) is 0. The summed E-state index contributed by atoms with van der Waals surface area (Å²) in [5.74, 6) is -0.957. The van der Waals surface area contributed by atoms with Crippen LogP contribution >= 0.6 is 0 Å². The molecular formula is C10H17O3-. The Bertz CT molecular complexity index is 143. The zero-order chi connectivity index (χ0) is 9.94. The van der Waals surface area contributed by atoms with Gasteiger partial charge in [-0.2, -0.15) is 0 Å². The van der Waals surface area contributed by atoms with Gasteiger partial charge in [-0.25, -0.2) is 0 Å². The van der Waals surface area contributed by atoms with Gasteiger partial charge >= 0.3 is 0 Å². The molecule has 0 heterocycles. The Labute approximate surface area is 79.1 Å². The summed E-state index contributed by atoms with van der Waals surface area (Å²) in [5, 5.41) is 10.0. The molecule has 0 saturated heterocycles. The SMILES string of the molecule is O=CCCCCCCCCC(=O)[O-]. The number of carbonyl (C=O) groups is 2. The Morgan fingerprint density at radius 2 is 1.54 bits per heavy atom. The lowest BCUT2D eigenvalue weighted by atomic mass is 10.1. The molecule has 0 fully saturated rings. The second-order valence-corrected chi connectivity index (χ2v) is 3.20. The van der Waals surface area contributed by atoms with Crippen LogP contribution in [-0.4, -0.2) is 12.3 Å². The van der Waals surface area contributed by atoms with E-state index >= 15 is 0 Å². The van der Waals surface area contributed by atoms with Crippen LogP contribution in [-0.2, 0) is 9.59 Å². The highest BCUT2D eigenvalue weighted by Crippen LogP contribution is 2.07. The molecule has 0 bridgehead atoms. The molecule has 0 rings (SSSR count). The summed E-state index contributed by atoms with van der Waals surface area (Å²) in [4.78, 5) is 20.0. The van der Waals surface area contributed by atoms with Gasteiger partial charge in [-0.15, -0.1) is 0 Å². The van der Waals surface area contributed by atoms with Gasteiger partial charge in [0.15, 0.2) is 0 Å². The van der Waals surface area contributed by atoms with E-state index in [1.165, 1.54) is 0 Å². The normalized spacial score (nSPS) is 9.85. The minimum Gasteiger partial charge on any atom is -0.550 e. The van der Waals surface area contributed by atoms with Crippen molar-refractivity contribution in [1.29, 1.82) is 0 Å². The monoisotopic (exact) mass is 185 g/mol. The third-order valence-electron chi connectivity index (χ3n) is 1.95. The van der Waals surface area contributed by atoms with Gasteiger partial charge in [0.05, 0.1) is 0 Å². The first-order valence-corrected chi connectivity index (χ1v) is 4.91. The summed E-state index contributed by atoms with van der Waals surface area (Å²) in [7, 11) is 0. The van der Waals surface area contributed by atoms with Crippen molar-refractivity contribution in [3.63, 3.8) is 0 Å². The number of aldehydes is 1. The Morgan fingerprint density at radius 3 is 2.08 bits per heavy atom. The van der Waals surface area contributed by atoms with E-state index in [1.54, 1.807) is 0 Å². The molecule has 3 heteroatoms. The molecule has 0 saturated carbocycles. The fraction of sp³-hybridized carbons (Fsp3) is 0.800. The van der Waals surface area contributed by atoms with Crippen LogP contribution in [0.2, 0.25) is 0 Å². The van der Waals surface area contributed by atoms with Crippen molar-refractivity contribution in [3.05, 3.63) is 0 Å². The van der Waals surface area contributed by atoms with E-state index < -0.39 is 5.97 Å². The van der Waals surface area contributed by atoms with Crippen LogP contribution in [0.15, 0.2) is 0 Å². The third kappa shape index (κ3) is 11.1. The highest BCUT2D eigenvalue weighted by molar-refractivity contribution is 5.63. The van der Waals surface area contributed by atoms with Crippen molar-refractivity contribution >= 4 is 12.3 Å². The highest BCUT2D eigenvalue weighted by Gasteiger charge is 1.91. The lowest BCUT2D eigenvalue weighted by Gasteiger charge is -2.01. The van der Waals surface area contributed by atoms with Crippen molar-refractivity contribution in [2.45, 2.75) is 51.4 Å². The average Bonchev–Trinajstić information content (AvgIpc) is 2.09. The second kappa shape index (κ2) is 9.23. The number of aliphatic carboxylic acids is 1. The quantitative estimate of drug-likeness (QED) is 0.398. The number of carboxylic acid groups (broad SMARTS) is 1. The molecule has 3 nitrogen and oxygen atoms in total. The molecule has 0 aromatic heterocycles. The predicted octanol–water partition coefficient (Wildman–Crippen LogP) is 1.06. The number of rotatable bonds is 9. The smallest absolute Gasteiger partial charge is 0.119 e. The first-order chi connectivity index (χ1) is 6.27. The van der Waals surface area contributed by atoms with Crippen LogP contribution in [0.5, 0.6) is 0 Å². The van der Waals surface area contributed by atoms with E-state index in [2.05, 4.69) is 0 Å². The first kappa shape index (κ1) is 12.1. The van der Waals surface area contributed by atoms with Gasteiger partial charge in [-0.3, -0.25) is 0 Å². The number of unbranched alkanes of at least 4 members (excludes halogenated alkanes) is 6.